The van der Waals surface area contributed by atoms with Crippen molar-refractivity contribution in [2.75, 3.05) is 12.3 Å². The Kier molecular flexibility index (Phi) is 5.71. The molecule has 0 rings (SSSR count). The molecule has 1 amide bonds. The van der Waals surface area contributed by atoms with Gasteiger partial charge in [0.2, 0.25) is 15.9 Å². The lowest BCUT2D eigenvalue weighted by Crippen LogP contribution is -2.45. The molecule has 0 aliphatic heterocycles. The van der Waals surface area contributed by atoms with Crippen molar-refractivity contribution in [2.45, 2.75) is 33.2 Å². The maximum Gasteiger partial charge on any atom is 0.237 e. The first-order valence-corrected chi connectivity index (χ1v) is 6.35. The molecule has 0 saturated heterocycles. The minimum absolute atomic E-state index is 0.0155. The highest BCUT2D eigenvalue weighted by Gasteiger charge is 2.17. The van der Waals surface area contributed by atoms with Gasteiger partial charge < -0.3 is 5.32 Å². The van der Waals surface area contributed by atoms with Gasteiger partial charge in [0, 0.05) is 6.54 Å². The molecule has 1 unspecified atom stereocenters. The molecule has 0 bridgehead atoms. The molecule has 0 aromatic rings. The zero-order valence-corrected chi connectivity index (χ0v) is 9.65. The lowest BCUT2D eigenvalue weighted by Gasteiger charge is -2.12. The maximum atomic E-state index is 11.3. The van der Waals surface area contributed by atoms with Crippen molar-refractivity contribution in [3.63, 3.8) is 0 Å². The average Bonchev–Trinajstić information content (AvgIpc) is 2.13. The predicted molar refractivity (Wildman–Crippen MR) is 55.4 cm³/mol. The van der Waals surface area contributed by atoms with E-state index in [4.69, 9.17) is 0 Å². The molecule has 0 aromatic heterocycles. The van der Waals surface area contributed by atoms with Crippen LogP contribution in [0.25, 0.3) is 0 Å². The fourth-order valence-corrected chi connectivity index (χ4v) is 1.62. The molecular formula is C8H18N2O3S. The molecule has 0 fully saturated rings. The van der Waals surface area contributed by atoms with Crippen LogP contribution in [0.15, 0.2) is 0 Å². The average molecular weight is 222 g/mol. The molecule has 84 valence electrons. The first kappa shape index (κ1) is 13.4. The van der Waals surface area contributed by atoms with E-state index in [-0.39, 0.29) is 11.7 Å². The fourth-order valence-electron chi connectivity index (χ4n) is 0.807. The van der Waals surface area contributed by atoms with Gasteiger partial charge in [-0.15, -0.1) is 0 Å². The second-order valence-electron chi connectivity index (χ2n) is 3.03. The number of nitrogens with one attached hydrogen (secondary N) is 2. The molecule has 0 radical (unpaired) electrons. The SMILES string of the molecule is CCCNC(=O)C(C)NS(=O)(=O)CC. The molecule has 5 nitrogen and oxygen atoms in total. The zero-order valence-electron chi connectivity index (χ0n) is 8.83. The summed E-state index contributed by atoms with van der Waals surface area (Å²) in [5.41, 5.74) is 0. The summed E-state index contributed by atoms with van der Waals surface area (Å²) >= 11 is 0. The van der Waals surface area contributed by atoms with Crippen molar-refractivity contribution in [3.8, 4) is 0 Å². The van der Waals surface area contributed by atoms with Crippen LogP contribution in [-0.2, 0) is 14.8 Å². The van der Waals surface area contributed by atoms with E-state index < -0.39 is 16.1 Å². The minimum atomic E-state index is -3.30. The highest BCUT2D eigenvalue weighted by molar-refractivity contribution is 7.89. The van der Waals surface area contributed by atoms with Crippen LogP contribution in [0.5, 0.6) is 0 Å². The van der Waals surface area contributed by atoms with Crippen LogP contribution in [0.3, 0.4) is 0 Å². The van der Waals surface area contributed by atoms with Crippen molar-refractivity contribution in [1.82, 2.24) is 10.0 Å². The number of rotatable bonds is 6. The molecule has 2 N–H and O–H groups in total. The Balaban J connectivity index is 4.08. The number of carbonyl (C=O) groups is 1. The summed E-state index contributed by atoms with van der Waals surface area (Å²) < 4.78 is 24.5. The molecule has 0 saturated carbocycles. The molecule has 0 aliphatic rings. The summed E-state index contributed by atoms with van der Waals surface area (Å²) in [5, 5.41) is 2.61. The van der Waals surface area contributed by atoms with Crippen molar-refractivity contribution < 1.29 is 13.2 Å². The van der Waals surface area contributed by atoms with Gasteiger partial charge in [0.25, 0.3) is 0 Å². The Morgan fingerprint density at radius 1 is 1.36 bits per heavy atom. The van der Waals surface area contributed by atoms with Gasteiger partial charge in [-0.3, -0.25) is 4.79 Å². The number of hydrogen-bond acceptors (Lipinski definition) is 3. The van der Waals surface area contributed by atoms with Gasteiger partial charge in [-0.1, -0.05) is 6.92 Å². The van der Waals surface area contributed by atoms with Gasteiger partial charge in [-0.05, 0) is 20.3 Å². The topological polar surface area (TPSA) is 75.3 Å². The van der Waals surface area contributed by atoms with Gasteiger partial charge in [0.1, 0.15) is 0 Å². The van der Waals surface area contributed by atoms with Crippen LogP contribution >= 0.6 is 0 Å². The minimum Gasteiger partial charge on any atom is -0.355 e. The van der Waals surface area contributed by atoms with Crippen LogP contribution in [0, 0.1) is 0 Å². The molecule has 14 heavy (non-hydrogen) atoms. The molecular weight excluding hydrogens is 204 g/mol. The van der Waals surface area contributed by atoms with Crippen molar-refractivity contribution >= 4 is 15.9 Å². The Morgan fingerprint density at radius 3 is 2.36 bits per heavy atom. The Hall–Kier alpha value is -0.620. The Bertz CT molecular complexity index is 274. The van der Waals surface area contributed by atoms with E-state index in [9.17, 15) is 13.2 Å². The van der Waals surface area contributed by atoms with Crippen molar-refractivity contribution in [3.05, 3.63) is 0 Å². The van der Waals surface area contributed by atoms with Crippen LogP contribution < -0.4 is 10.0 Å². The molecule has 0 heterocycles. The Morgan fingerprint density at radius 2 is 1.93 bits per heavy atom. The summed E-state index contributed by atoms with van der Waals surface area (Å²) in [6, 6.07) is -0.702. The summed E-state index contributed by atoms with van der Waals surface area (Å²) in [4.78, 5) is 11.3. The Labute approximate surface area is 85.3 Å². The predicted octanol–water partition coefficient (Wildman–Crippen LogP) is -0.160. The highest BCUT2D eigenvalue weighted by Crippen LogP contribution is 1.89. The number of sulfonamides is 1. The molecule has 0 aromatic carbocycles. The first-order chi connectivity index (χ1) is 6.43. The fraction of sp³-hybridized carbons (Fsp3) is 0.875. The van der Waals surface area contributed by atoms with Crippen molar-refractivity contribution in [2.24, 2.45) is 0 Å². The maximum absolute atomic E-state index is 11.3. The third-order valence-corrected chi connectivity index (χ3v) is 3.15. The molecule has 1 atom stereocenters. The molecule has 0 aliphatic carbocycles. The third-order valence-electron chi connectivity index (χ3n) is 1.68. The van der Waals surface area contributed by atoms with Crippen LogP contribution in [-0.4, -0.2) is 32.7 Å². The van der Waals surface area contributed by atoms with Crippen LogP contribution in [0.1, 0.15) is 27.2 Å². The van der Waals surface area contributed by atoms with Crippen LogP contribution in [0.4, 0.5) is 0 Å². The van der Waals surface area contributed by atoms with Crippen molar-refractivity contribution in [1.29, 1.82) is 0 Å². The van der Waals surface area contributed by atoms with E-state index in [1.807, 2.05) is 6.92 Å². The third kappa shape index (κ3) is 5.18. The van der Waals surface area contributed by atoms with E-state index in [2.05, 4.69) is 10.0 Å². The quantitative estimate of drug-likeness (QED) is 0.655. The summed E-state index contributed by atoms with van der Waals surface area (Å²) in [6.45, 7) is 5.55. The summed E-state index contributed by atoms with van der Waals surface area (Å²) in [5.74, 6) is -0.304. The number of carbonyl (C=O) groups excluding carboxylic acids is 1. The smallest absolute Gasteiger partial charge is 0.237 e. The van der Waals surface area contributed by atoms with Gasteiger partial charge in [0.15, 0.2) is 0 Å². The highest BCUT2D eigenvalue weighted by atomic mass is 32.2. The second-order valence-corrected chi connectivity index (χ2v) is 5.08. The van der Waals surface area contributed by atoms with E-state index in [1.165, 1.54) is 13.8 Å². The van der Waals surface area contributed by atoms with E-state index in [1.54, 1.807) is 0 Å². The number of amides is 1. The standard InChI is InChI=1S/C8H18N2O3S/c1-4-6-9-8(11)7(3)10-14(12,13)5-2/h7,10H,4-6H2,1-3H3,(H,9,11). The zero-order chi connectivity index (χ0) is 11.2. The number of hydrogen-bond donors (Lipinski definition) is 2. The monoisotopic (exact) mass is 222 g/mol. The molecule has 6 heteroatoms. The van der Waals surface area contributed by atoms with E-state index in [0.717, 1.165) is 6.42 Å². The van der Waals surface area contributed by atoms with E-state index in [0.29, 0.717) is 6.54 Å². The van der Waals surface area contributed by atoms with Gasteiger partial charge in [-0.25, -0.2) is 13.1 Å². The largest absolute Gasteiger partial charge is 0.355 e. The molecule has 0 spiro atoms. The summed E-state index contributed by atoms with van der Waals surface area (Å²) in [6.07, 6.45) is 0.832. The van der Waals surface area contributed by atoms with Gasteiger partial charge >= 0.3 is 0 Å². The lowest BCUT2D eigenvalue weighted by atomic mass is 10.3. The van der Waals surface area contributed by atoms with E-state index >= 15 is 0 Å². The lowest BCUT2D eigenvalue weighted by molar-refractivity contribution is -0.122. The normalized spacial score (nSPS) is 13.6. The second kappa shape index (κ2) is 5.98. The van der Waals surface area contributed by atoms with Crippen LogP contribution in [0.2, 0.25) is 0 Å². The summed E-state index contributed by atoms with van der Waals surface area (Å²) in [7, 11) is -3.30. The first-order valence-electron chi connectivity index (χ1n) is 4.70. The van der Waals surface area contributed by atoms with Gasteiger partial charge in [0.05, 0.1) is 11.8 Å². The van der Waals surface area contributed by atoms with Gasteiger partial charge in [-0.2, -0.15) is 0 Å².